The molecule has 1 aliphatic heterocycles. The second-order valence-corrected chi connectivity index (χ2v) is 4.31. The van der Waals surface area contributed by atoms with Crippen LogP contribution < -0.4 is 10.6 Å². The van der Waals surface area contributed by atoms with Gasteiger partial charge in [-0.1, -0.05) is 30.3 Å². The number of benzene rings is 1. The van der Waals surface area contributed by atoms with Crippen LogP contribution in [-0.4, -0.2) is 29.6 Å². The molecule has 2 rings (SSSR count). The van der Waals surface area contributed by atoms with E-state index in [1.54, 1.807) is 0 Å². The van der Waals surface area contributed by atoms with Crippen molar-refractivity contribution in [3.05, 3.63) is 35.9 Å². The fraction of sp³-hybridized carbons (Fsp3) is 0.385. The maximum absolute atomic E-state index is 11.9. The first-order valence-electron chi connectivity index (χ1n) is 5.96. The highest BCUT2D eigenvalue weighted by Gasteiger charge is 2.28. The number of amides is 2. The Hall–Kier alpha value is -1.88. The highest BCUT2D eigenvalue weighted by atomic mass is 16.3. The molecule has 2 atom stereocenters. The molecule has 1 saturated heterocycles. The van der Waals surface area contributed by atoms with E-state index >= 15 is 0 Å². The SMILES string of the molecule is O=C1CC[C@H](C(=O)NC(CO)c2ccccc2)N1. The molecular formula is C13H16N2O3. The van der Waals surface area contributed by atoms with Crippen LogP contribution >= 0.6 is 0 Å². The molecular weight excluding hydrogens is 232 g/mol. The van der Waals surface area contributed by atoms with Crippen LogP contribution in [0.1, 0.15) is 24.4 Å². The van der Waals surface area contributed by atoms with Crippen molar-refractivity contribution in [2.24, 2.45) is 0 Å². The first kappa shape index (κ1) is 12.6. The summed E-state index contributed by atoms with van der Waals surface area (Å²) in [4.78, 5) is 22.9. The Morgan fingerprint density at radius 2 is 2.17 bits per heavy atom. The summed E-state index contributed by atoms with van der Waals surface area (Å²) in [6, 6.07) is 8.34. The van der Waals surface area contributed by atoms with Crippen molar-refractivity contribution in [1.29, 1.82) is 0 Å². The molecule has 1 fully saturated rings. The average Bonchev–Trinajstić information content (AvgIpc) is 2.83. The van der Waals surface area contributed by atoms with Crippen molar-refractivity contribution < 1.29 is 14.7 Å². The third-order valence-corrected chi connectivity index (χ3v) is 3.01. The fourth-order valence-corrected chi connectivity index (χ4v) is 2.00. The van der Waals surface area contributed by atoms with E-state index in [9.17, 15) is 14.7 Å². The van der Waals surface area contributed by atoms with Gasteiger partial charge < -0.3 is 15.7 Å². The van der Waals surface area contributed by atoms with Crippen LogP contribution in [0.3, 0.4) is 0 Å². The lowest BCUT2D eigenvalue weighted by atomic mass is 10.1. The summed E-state index contributed by atoms with van der Waals surface area (Å²) in [6.07, 6.45) is 0.894. The minimum atomic E-state index is -0.477. The fourth-order valence-electron chi connectivity index (χ4n) is 2.00. The smallest absolute Gasteiger partial charge is 0.243 e. The number of nitrogens with one attached hydrogen (secondary N) is 2. The zero-order valence-electron chi connectivity index (χ0n) is 9.93. The second-order valence-electron chi connectivity index (χ2n) is 4.31. The summed E-state index contributed by atoms with van der Waals surface area (Å²) < 4.78 is 0. The van der Waals surface area contributed by atoms with E-state index in [0.717, 1.165) is 5.56 Å². The molecule has 1 aromatic carbocycles. The van der Waals surface area contributed by atoms with Gasteiger partial charge in [0.25, 0.3) is 0 Å². The van der Waals surface area contributed by atoms with Crippen LogP contribution in [-0.2, 0) is 9.59 Å². The van der Waals surface area contributed by atoms with Gasteiger partial charge in [-0.2, -0.15) is 0 Å². The lowest BCUT2D eigenvalue weighted by molar-refractivity contribution is -0.126. The van der Waals surface area contributed by atoms with Crippen molar-refractivity contribution in [3.63, 3.8) is 0 Å². The van der Waals surface area contributed by atoms with Gasteiger partial charge in [0.15, 0.2) is 0 Å². The normalized spacial score (nSPS) is 20.3. The van der Waals surface area contributed by atoms with E-state index < -0.39 is 12.1 Å². The van der Waals surface area contributed by atoms with Crippen molar-refractivity contribution in [1.82, 2.24) is 10.6 Å². The first-order valence-corrected chi connectivity index (χ1v) is 5.96. The summed E-state index contributed by atoms with van der Waals surface area (Å²) in [6.45, 7) is -0.170. The Balaban J connectivity index is 1.98. The summed E-state index contributed by atoms with van der Waals surface area (Å²) in [5, 5.41) is 14.7. The van der Waals surface area contributed by atoms with Crippen LogP contribution in [0.2, 0.25) is 0 Å². The number of rotatable bonds is 4. The number of aliphatic hydroxyl groups excluding tert-OH is 1. The topological polar surface area (TPSA) is 78.4 Å². The van der Waals surface area contributed by atoms with Crippen LogP contribution in [0.4, 0.5) is 0 Å². The molecule has 0 aliphatic carbocycles. The predicted octanol–water partition coefficient (Wildman–Crippen LogP) is 0.115. The molecule has 0 bridgehead atoms. The van der Waals surface area contributed by atoms with E-state index in [1.165, 1.54) is 0 Å². The van der Waals surface area contributed by atoms with Crippen molar-refractivity contribution in [3.8, 4) is 0 Å². The largest absolute Gasteiger partial charge is 0.394 e. The maximum atomic E-state index is 11.9. The van der Waals surface area contributed by atoms with Gasteiger partial charge in [-0.3, -0.25) is 9.59 Å². The summed E-state index contributed by atoms with van der Waals surface area (Å²) >= 11 is 0. The predicted molar refractivity (Wildman–Crippen MR) is 65.6 cm³/mol. The van der Waals surface area contributed by atoms with Crippen molar-refractivity contribution >= 4 is 11.8 Å². The molecule has 0 aromatic heterocycles. The van der Waals surface area contributed by atoms with E-state index in [2.05, 4.69) is 10.6 Å². The molecule has 1 unspecified atom stereocenters. The lowest BCUT2D eigenvalue weighted by Gasteiger charge is -2.19. The van der Waals surface area contributed by atoms with Gasteiger partial charge in [-0.25, -0.2) is 0 Å². The molecule has 0 radical (unpaired) electrons. The van der Waals surface area contributed by atoms with Crippen molar-refractivity contribution in [2.45, 2.75) is 24.9 Å². The van der Waals surface area contributed by atoms with E-state index in [-0.39, 0.29) is 18.4 Å². The number of aliphatic hydroxyl groups is 1. The molecule has 1 heterocycles. The summed E-state index contributed by atoms with van der Waals surface area (Å²) in [7, 11) is 0. The van der Waals surface area contributed by atoms with Gasteiger partial charge in [0, 0.05) is 6.42 Å². The van der Waals surface area contributed by atoms with Crippen LogP contribution in [0.5, 0.6) is 0 Å². The quantitative estimate of drug-likeness (QED) is 0.708. The first-order chi connectivity index (χ1) is 8.70. The molecule has 2 amide bonds. The minimum absolute atomic E-state index is 0.101. The monoisotopic (exact) mass is 248 g/mol. The Kier molecular flexibility index (Phi) is 3.94. The third-order valence-electron chi connectivity index (χ3n) is 3.01. The Bertz CT molecular complexity index is 433. The number of hydrogen-bond acceptors (Lipinski definition) is 3. The average molecular weight is 248 g/mol. The molecule has 0 saturated carbocycles. The summed E-state index contributed by atoms with van der Waals surface area (Å²) in [5.74, 6) is -0.348. The van der Waals surface area contributed by atoms with E-state index in [1.807, 2.05) is 30.3 Å². The van der Waals surface area contributed by atoms with Gasteiger partial charge in [0.05, 0.1) is 12.6 Å². The number of carbonyl (C=O) groups is 2. The molecule has 5 heteroatoms. The van der Waals surface area contributed by atoms with Crippen LogP contribution in [0.25, 0.3) is 0 Å². The Morgan fingerprint density at radius 1 is 1.44 bits per heavy atom. The molecule has 0 spiro atoms. The van der Waals surface area contributed by atoms with E-state index in [4.69, 9.17) is 0 Å². The number of hydrogen-bond donors (Lipinski definition) is 3. The highest BCUT2D eigenvalue weighted by molar-refractivity contribution is 5.90. The van der Waals surface area contributed by atoms with Gasteiger partial charge in [-0.15, -0.1) is 0 Å². The van der Waals surface area contributed by atoms with Gasteiger partial charge >= 0.3 is 0 Å². The molecule has 18 heavy (non-hydrogen) atoms. The lowest BCUT2D eigenvalue weighted by Crippen LogP contribution is -2.43. The van der Waals surface area contributed by atoms with Gasteiger partial charge in [0.1, 0.15) is 6.04 Å². The molecule has 3 N–H and O–H groups in total. The molecule has 5 nitrogen and oxygen atoms in total. The highest BCUT2D eigenvalue weighted by Crippen LogP contribution is 2.13. The zero-order valence-corrected chi connectivity index (χ0v) is 9.93. The van der Waals surface area contributed by atoms with Gasteiger partial charge in [-0.05, 0) is 12.0 Å². The third kappa shape index (κ3) is 2.87. The van der Waals surface area contributed by atoms with E-state index in [0.29, 0.717) is 12.8 Å². The summed E-state index contributed by atoms with van der Waals surface area (Å²) in [5.41, 5.74) is 0.845. The standard InChI is InChI=1S/C13H16N2O3/c16-8-11(9-4-2-1-3-5-9)15-13(18)10-6-7-12(17)14-10/h1-5,10-11,16H,6-8H2,(H,14,17)(H,15,18)/t10-,11?/m1/s1. The molecule has 1 aromatic rings. The van der Waals surface area contributed by atoms with Crippen molar-refractivity contribution in [2.75, 3.05) is 6.61 Å². The van der Waals surface area contributed by atoms with Crippen LogP contribution in [0.15, 0.2) is 30.3 Å². The Labute approximate surface area is 105 Å². The number of carbonyl (C=O) groups excluding carboxylic acids is 2. The second kappa shape index (κ2) is 5.64. The molecule has 96 valence electrons. The maximum Gasteiger partial charge on any atom is 0.243 e. The van der Waals surface area contributed by atoms with Gasteiger partial charge in [0.2, 0.25) is 11.8 Å². The van der Waals surface area contributed by atoms with Crippen LogP contribution in [0, 0.1) is 0 Å². The Morgan fingerprint density at radius 3 is 2.72 bits per heavy atom. The minimum Gasteiger partial charge on any atom is -0.394 e. The molecule has 1 aliphatic rings. The zero-order chi connectivity index (χ0) is 13.0.